The van der Waals surface area contributed by atoms with Gasteiger partial charge in [-0.15, -0.1) is 0 Å². The average Bonchev–Trinajstić information content (AvgIpc) is 2.70. The van der Waals surface area contributed by atoms with E-state index in [1.165, 1.54) is 0 Å². The molecule has 1 aliphatic rings. The fourth-order valence-electron chi connectivity index (χ4n) is 1.83. The van der Waals surface area contributed by atoms with Gasteiger partial charge in [0.25, 0.3) is 0 Å². The average molecular weight is 251 g/mol. The van der Waals surface area contributed by atoms with E-state index in [1.54, 1.807) is 6.07 Å². The lowest BCUT2D eigenvalue weighted by atomic mass is 10.1. The molecule has 17 heavy (non-hydrogen) atoms. The van der Waals surface area contributed by atoms with Crippen molar-refractivity contribution in [1.82, 2.24) is 0 Å². The van der Waals surface area contributed by atoms with Crippen molar-refractivity contribution in [2.45, 2.75) is 19.4 Å². The van der Waals surface area contributed by atoms with Crippen molar-refractivity contribution in [2.24, 2.45) is 11.7 Å². The number of halogens is 1. The quantitative estimate of drug-likeness (QED) is 0.793. The number of anilines is 1. The zero-order valence-electron chi connectivity index (χ0n) is 9.61. The predicted molar refractivity (Wildman–Crippen MR) is 70.0 cm³/mol. The van der Waals surface area contributed by atoms with Crippen molar-refractivity contribution < 1.29 is 4.79 Å². The number of carbonyl (C=O) groups excluding carboxylic acids is 1. The lowest BCUT2D eigenvalue weighted by Gasteiger charge is -2.11. The number of carbonyl (C=O) groups is 1. The third-order valence-electron chi connectivity index (χ3n) is 2.89. The minimum absolute atomic E-state index is 0.00708. The van der Waals surface area contributed by atoms with Gasteiger partial charge >= 0.3 is 0 Å². The van der Waals surface area contributed by atoms with Crippen LogP contribution in [0.1, 0.15) is 12.0 Å². The Hall–Kier alpha value is -1.32. The number of nitrogens with two attached hydrogens (primary N) is 1. The number of aryl methyl sites for hydroxylation is 1. The van der Waals surface area contributed by atoms with E-state index in [1.807, 2.05) is 31.2 Å². The highest BCUT2D eigenvalue weighted by molar-refractivity contribution is 6.31. The highest BCUT2D eigenvalue weighted by Crippen LogP contribution is 2.22. The lowest BCUT2D eigenvalue weighted by molar-refractivity contribution is -0.118. The Morgan fingerprint density at radius 3 is 2.82 bits per heavy atom. The molecule has 3 N–H and O–H groups in total. The van der Waals surface area contributed by atoms with E-state index in [0.29, 0.717) is 11.4 Å². The molecule has 0 aliphatic heterocycles. The van der Waals surface area contributed by atoms with Crippen molar-refractivity contribution in [2.75, 3.05) is 5.32 Å². The summed E-state index contributed by atoms with van der Waals surface area (Å²) in [6, 6.07) is 5.48. The van der Waals surface area contributed by atoms with Crippen LogP contribution in [0.5, 0.6) is 0 Å². The smallest absolute Gasteiger partial charge is 0.231 e. The van der Waals surface area contributed by atoms with Crippen LogP contribution in [0.2, 0.25) is 5.02 Å². The molecular weight excluding hydrogens is 236 g/mol. The SMILES string of the molecule is Cc1ccc(NC(=O)C2C=CC(N)C2)cc1Cl. The van der Waals surface area contributed by atoms with Gasteiger partial charge in [-0.1, -0.05) is 29.8 Å². The maximum absolute atomic E-state index is 11.9. The molecule has 0 radical (unpaired) electrons. The first kappa shape index (κ1) is 12.1. The van der Waals surface area contributed by atoms with Crippen molar-refractivity contribution in [3.8, 4) is 0 Å². The molecular formula is C13H15ClN2O. The maximum Gasteiger partial charge on any atom is 0.231 e. The molecule has 0 fully saturated rings. The van der Waals surface area contributed by atoms with Crippen LogP contribution in [0, 0.1) is 12.8 Å². The number of hydrogen-bond acceptors (Lipinski definition) is 2. The van der Waals surface area contributed by atoms with E-state index in [-0.39, 0.29) is 17.9 Å². The summed E-state index contributed by atoms with van der Waals surface area (Å²) in [5.74, 6) is -0.167. The topological polar surface area (TPSA) is 55.1 Å². The van der Waals surface area contributed by atoms with Crippen LogP contribution in [0.3, 0.4) is 0 Å². The normalized spacial score (nSPS) is 22.8. The Labute approximate surface area is 106 Å². The Morgan fingerprint density at radius 1 is 1.47 bits per heavy atom. The van der Waals surface area contributed by atoms with E-state index in [9.17, 15) is 4.79 Å². The summed E-state index contributed by atoms with van der Waals surface area (Å²) in [5, 5.41) is 3.50. The fourth-order valence-corrected chi connectivity index (χ4v) is 2.01. The summed E-state index contributed by atoms with van der Waals surface area (Å²) in [6.07, 6.45) is 4.40. The second-order valence-corrected chi connectivity index (χ2v) is 4.75. The number of amides is 1. The van der Waals surface area contributed by atoms with E-state index >= 15 is 0 Å². The summed E-state index contributed by atoms with van der Waals surface area (Å²) >= 11 is 5.99. The van der Waals surface area contributed by atoms with Gasteiger partial charge in [0, 0.05) is 16.8 Å². The van der Waals surface area contributed by atoms with Crippen molar-refractivity contribution in [1.29, 1.82) is 0 Å². The van der Waals surface area contributed by atoms with Gasteiger partial charge in [-0.3, -0.25) is 4.79 Å². The fraction of sp³-hybridized carbons (Fsp3) is 0.308. The van der Waals surface area contributed by atoms with Crippen LogP contribution in [0.15, 0.2) is 30.4 Å². The molecule has 1 amide bonds. The van der Waals surface area contributed by atoms with Crippen LogP contribution in [0.4, 0.5) is 5.69 Å². The first-order valence-electron chi connectivity index (χ1n) is 5.57. The molecule has 1 aromatic carbocycles. The van der Waals surface area contributed by atoms with Gasteiger partial charge in [0.05, 0.1) is 5.92 Å². The van der Waals surface area contributed by atoms with Crippen LogP contribution in [-0.4, -0.2) is 11.9 Å². The highest BCUT2D eigenvalue weighted by atomic mass is 35.5. The molecule has 2 atom stereocenters. The summed E-state index contributed by atoms with van der Waals surface area (Å²) < 4.78 is 0. The van der Waals surface area contributed by atoms with Crippen LogP contribution < -0.4 is 11.1 Å². The van der Waals surface area contributed by atoms with E-state index in [2.05, 4.69) is 5.32 Å². The summed E-state index contributed by atoms with van der Waals surface area (Å²) in [6.45, 7) is 1.92. The van der Waals surface area contributed by atoms with Crippen LogP contribution in [-0.2, 0) is 4.79 Å². The first-order valence-corrected chi connectivity index (χ1v) is 5.95. The Bertz CT molecular complexity index is 470. The molecule has 0 saturated carbocycles. The van der Waals surface area contributed by atoms with Gasteiger partial charge in [0.2, 0.25) is 5.91 Å². The van der Waals surface area contributed by atoms with E-state index in [0.717, 1.165) is 11.3 Å². The van der Waals surface area contributed by atoms with Crippen molar-refractivity contribution in [3.05, 3.63) is 40.9 Å². The second-order valence-electron chi connectivity index (χ2n) is 4.34. The number of benzene rings is 1. The van der Waals surface area contributed by atoms with Crippen LogP contribution >= 0.6 is 11.6 Å². The Kier molecular flexibility index (Phi) is 3.50. The largest absolute Gasteiger partial charge is 0.326 e. The summed E-state index contributed by atoms with van der Waals surface area (Å²) in [5.41, 5.74) is 7.43. The van der Waals surface area contributed by atoms with E-state index < -0.39 is 0 Å². The standard InChI is InChI=1S/C13H15ClN2O/c1-8-2-5-11(7-12(8)14)16-13(17)9-3-4-10(15)6-9/h2-5,7,9-10H,6,15H2,1H3,(H,16,17). The van der Waals surface area contributed by atoms with E-state index in [4.69, 9.17) is 17.3 Å². The first-order chi connectivity index (χ1) is 8.06. The molecule has 4 heteroatoms. The Balaban J connectivity index is 2.03. The molecule has 0 saturated heterocycles. The number of nitrogens with one attached hydrogen (secondary N) is 1. The number of hydrogen-bond donors (Lipinski definition) is 2. The van der Waals surface area contributed by atoms with Crippen molar-refractivity contribution in [3.63, 3.8) is 0 Å². The second kappa shape index (κ2) is 4.90. The van der Waals surface area contributed by atoms with Crippen molar-refractivity contribution >= 4 is 23.2 Å². The van der Waals surface area contributed by atoms with Gasteiger partial charge in [-0.05, 0) is 31.0 Å². The minimum atomic E-state index is -0.134. The molecule has 0 heterocycles. The zero-order valence-corrected chi connectivity index (χ0v) is 10.4. The molecule has 2 rings (SSSR count). The molecule has 3 nitrogen and oxygen atoms in total. The predicted octanol–water partition coefficient (Wildman–Crippen LogP) is 2.49. The minimum Gasteiger partial charge on any atom is -0.326 e. The molecule has 2 unspecified atom stereocenters. The molecule has 90 valence electrons. The maximum atomic E-state index is 11.9. The lowest BCUT2D eigenvalue weighted by Crippen LogP contribution is -2.23. The van der Waals surface area contributed by atoms with Crippen LogP contribution in [0.25, 0.3) is 0 Å². The van der Waals surface area contributed by atoms with Gasteiger partial charge < -0.3 is 11.1 Å². The molecule has 0 aromatic heterocycles. The molecule has 0 bridgehead atoms. The van der Waals surface area contributed by atoms with Gasteiger partial charge in [0.15, 0.2) is 0 Å². The monoisotopic (exact) mass is 250 g/mol. The zero-order chi connectivity index (χ0) is 12.4. The third-order valence-corrected chi connectivity index (χ3v) is 3.30. The number of rotatable bonds is 2. The van der Waals surface area contributed by atoms with Gasteiger partial charge in [-0.25, -0.2) is 0 Å². The molecule has 1 aliphatic carbocycles. The molecule has 0 spiro atoms. The summed E-state index contributed by atoms with van der Waals surface area (Å²) in [4.78, 5) is 11.9. The van der Waals surface area contributed by atoms with Gasteiger partial charge in [0.1, 0.15) is 0 Å². The highest BCUT2D eigenvalue weighted by Gasteiger charge is 2.22. The van der Waals surface area contributed by atoms with Gasteiger partial charge in [-0.2, -0.15) is 0 Å². The Morgan fingerprint density at radius 2 is 2.24 bits per heavy atom. The summed E-state index contributed by atoms with van der Waals surface area (Å²) in [7, 11) is 0. The third kappa shape index (κ3) is 2.87. The molecule has 1 aromatic rings.